The molecule has 0 aromatic heterocycles. The molecular formula is C19H21NO3. The van der Waals surface area contributed by atoms with Gasteiger partial charge in [-0.3, -0.25) is 5.32 Å². The molecule has 0 saturated heterocycles. The number of hydrogen-bond donors (Lipinski definition) is 2. The number of amides is 1. The lowest BCUT2D eigenvalue weighted by molar-refractivity contribution is 0.155. The molecule has 23 heavy (non-hydrogen) atoms. The SMILES string of the molecule is O=C(Nc1ccc(C2CC[C@H](O)C2)cc1)OCc1ccccc1. The monoisotopic (exact) mass is 311 g/mol. The predicted octanol–water partition coefficient (Wildman–Crippen LogP) is 4.06. The molecule has 0 radical (unpaired) electrons. The molecule has 2 aromatic rings. The quantitative estimate of drug-likeness (QED) is 0.895. The fourth-order valence-electron chi connectivity index (χ4n) is 2.98. The lowest BCUT2D eigenvalue weighted by atomic mass is 9.97. The summed E-state index contributed by atoms with van der Waals surface area (Å²) in [6, 6.07) is 17.4. The van der Waals surface area contributed by atoms with Crippen LogP contribution in [0.4, 0.5) is 10.5 Å². The van der Waals surface area contributed by atoms with Gasteiger partial charge in [0.15, 0.2) is 0 Å². The summed E-state index contributed by atoms with van der Waals surface area (Å²) in [5.41, 5.74) is 2.88. The van der Waals surface area contributed by atoms with E-state index >= 15 is 0 Å². The summed E-state index contributed by atoms with van der Waals surface area (Å²) in [6.07, 6.45) is 2.08. The van der Waals surface area contributed by atoms with Crippen LogP contribution in [0.5, 0.6) is 0 Å². The van der Waals surface area contributed by atoms with Crippen LogP contribution in [0.1, 0.15) is 36.3 Å². The highest BCUT2D eigenvalue weighted by Gasteiger charge is 2.23. The maximum Gasteiger partial charge on any atom is 0.411 e. The third-order valence-corrected chi connectivity index (χ3v) is 4.25. The average molecular weight is 311 g/mol. The number of ether oxygens (including phenoxy) is 1. The van der Waals surface area contributed by atoms with Crippen LogP contribution in [-0.2, 0) is 11.3 Å². The minimum atomic E-state index is -0.460. The second-order valence-corrected chi connectivity index (χ2v) is 5.97. The topological polar surface area (TPSA) is 58.6 Å². The second kappa shape index (κ2) is 7.29. The van der Waals surface area contributed by atoms with Gasteiger partial charge >= 0.3 is 6.09 Å². The van der Waals surface area contributed by atoms with Crippen LogP contribution in [0.2, 0.25) is 0 Å². The molecule has 2 aromatic carbocycles. The van der Waals surface area contributed by atoms with Crippen LogP contribution in [0.25, 0.3) is 0 Å². The van der Waals surface area contributed by atoms with Gasteiger partial charge < -0.3 is 9.84 Å². The molecule has 2 N–H and O–H groups in total. The fourth-order valence-corrected chi connectivity index (χ4v) is 2.98. The van der Waals surface area contributed by atoms with Gasteiger partial charge in [-0.15, -0.1) is 0 Å². The Hall–Kier alpha value is -2.33. The van der Waals surface area contributed by atoms with Crippen LogP contribution in [-0.4, -0.2) is 17.3 Å². The van der Waals surface area contributed by atoms with Crippen molar-refractivity contribution >= 4 is 11.8 Å². The molecule has 1 amide bonds. The Morgan fingerprint density at radius 2 is 1.83 bits per heavy atom. The zero-order valence-corrected chi connectivity index (χ0v) is 12.9. The van der Waals surface area contributed by atoms with Gasteiger partial charge in [0.2, 0.25) is 0 Å². The summed E-state index contributed by atoms with van der Waals surface area (Å²) in [4.78, 5) is 11.8. The standard InChI is InChI=1S/C19H21NO3/c21-18-11-8-16(12-18)15-6-9-17(10-7-15)20-19(22)23-13-14-4-2-1-3-5-14/h1-7,9-10,16,18,21H,8,11-13H2,(H,20,22)/t16?,18-/m0/s1. The molecule has 1 saturated carbocycles. The first kappa shape index (κ1) is 15.6. The first-order valence-corrected chi connectivity index (χ1v) is 7.96. The van der Waals surface area contributed by atoms with Crippen molar-refractivity contribution in [2.75, 3.05) is 5.32 Å². The number of benzene rings is 2. The number of carbonyl (C=O) groups excluding carboxylic acids is 1. The molecule has 1 aliphatic rings. The minimum Gasteiger partial charge on any atom is -0.444 e. The van der Waals surface area contributed by atoms with Crippen LogP contribution in [0.3, 0.4) is 0 Å². The number of carbonyl (C=O) groups is 1. The summed E-state index contributed by atoms with van der Waals surface area (Å²) in [5, 5.41) is 12.3. The largest absolute Gasteiger partial charge is 0.444 e. The molecule has 0 spiro atoms. The molecule has 1 unspecified atom stereocenters. The van der Waals surface area contributed by atoms with E-state index in [2.05, 4.69) is 5.32 Å². The van der Waals surface area contributed by atoms with E-state index in [0.717, 1.165) is 24.8 Å². The fraction of sp³-hybridized carbons (Fsp3) is 0.316. The van der Waals surface area contributed by atoms with Gasteiger partial charge in [0.25, 0.3) is 0 Å². The Balaban J connectivity index is 1.50. The van der Waals surface area contributed by atoms with E-state index in [1.165, 1.54) is 5.56 Å². The van der Waals surface area contributed by atoms with Crippen molar-refractivity contribution < 1.29 is 14.6 Å². The smallest absolute Gasteiger partial charge is 0.411 e. The van der Waals surface area contributed by atoms with E-state index in [9.17, 15) is 9.90 Å². The molecule has 0 bridgehead atoms. The molecule has 120 valence electrons. The number of hydrogen-bond acceptors (Lipinski definition) is 3. The number of rotatable bonds is 4. The van der Waals surface area contributed by atoms with Gasteiger partial charge in [0, 0.05) is 5.69 Å². The molecule has 4 heteroatoms. The van der Waals surface area contributed by atoms with Crippen molar-refractivity contribution in [2.45, 2.75) is 37.9 Å². The van der Waals surface area contributed by atoms with Gasteiger partial charge in [-0.05, 0) is 48.4 Å². The van der Waals surface area contributed by atoms with E-state index in [0.29, 0.717) is 11.6 Å². The summed E-state index contributed by atoms with van der Waals surface area (Å²) in [6.45, 7) is 0.255. The number of nitrogens with one attached hydrogen (secondary N) is 1. The maximum absolute atomic E-state index is 11.8. The normalized spacial score (nSPS) is 20.2. The molecule has 4 nitrogen and oxygen atoms in total. The van der Waals surface area contributed by atoms with Crippen LogP contribution in [0.15, 0.2) is 54.6 Å². The van der Waals surface area contributed by atoms with E-state index in [1.54, 1.807) is 0 Å². The van der Waals surface area contributed by atoms with E-state index in [-0.39, 0.29) is 12.7 Å². The van der Waals surface area contributed by atoms with Crippen molar-refractivity contribution in [3.63, 3.8) is 0 Å². The van der Waals surface area contributed by atoms with Crippen molar-refractivity contribution in [2.24, 2.45) is 0 Å². The lowest BCUT2D eigenvalue weighted by Gasteiger charge is -2.11. The highest BCUT2D eigenvalue weighted by molar-refractivity contribution is 5.84. The molecule has 2 atom stereocenters. The maximum atomic E-state index is 11.8. The van der Waals surface area contributed by atoms with Gasteiger partial charge in [-0.1, -0.05) is 42.5 Å². The summed E-state index contributed by atoms with van der Waals surface area (Å²) in [5.74, 6) is 0.420. The summed E-state index contributed by atoms with van der Waals surface area (Å²) < 4.78 is 5.19. The van der Waals surface area contributed by atoms with Crippen LogP contribution >= 0.6 is 0 Å². The second-order valence-electron chi connectivity index (χ2n) is 5.97. The van der Waals surface area contributed by atoms with E-state index in [4.69, 9.17) is 4.74 Å². The third kappa shape index (κ3) is 4.33. The molecule has 3 rings (SSSR count). The highest BCUT2D eigenvalue weighted by atomic mass is 16.5. The summed E-state index contributed by atoms with van der Waals surface area (Å²) >= 11 is 0. The zero-order chi connectivity index (χ0) is 16.1. The van der Waals surface area contributed by atoms with Crippen molar-refractivity contribution in [3.8, 4) is 0 Å². The molecular weight excluding hydrogens is 290 g/mol. The van der Waals surface area contributed by atoms with Gasteiger partial charge in [0.05, 0.1) is 6.10 Å². The Kier molecular flexibility index (Phi) is 4.93. The van der Waals surface area contributed by atoms with Gasteiger partial charge in [0.1, 0.15) is 6.61 Å². The van der Waals surface area contributed by atoms with E-state index < -0.39 is 6.09 Å². The Labute approximate surface area is 136 Å². The highest BCUT2D eigenvalue weighted by Crippen LogP contribution is 2.34. The van der Waals surface area contributed by atoms with E-state index in [1.807, 2.05) is 54.6 Å². The Morgan fingerprint density at radius 3 is 2.48 bits per heavy atom. The Bertz CT molecular complexity index is 639. The van der Waals surface area contributed by atoms with Crippen LogP contribution in [0, 0.1) is 0 Å². The predicted molar refractivity (Wildman–Crippen MR) is 89.3 cm³/mol. The average Bonchev–Trinajstić information content (AvgIpc) is 3.01. The van der Waals surface area contributed by atoms with Crippen molar-refractivity contribution in [1.82, 2.24) is 0 Å². The number of aliphatic hydroxyl groups is 1. The first-order chi connectivity index (χ1) is 11.2. The minimum absolute atomic E-state index is 0.175. The van der Waals surface area contributed by atoms with Gasteiger partial charge in [-0.2, -0.15) is 0 Å². The number of anilines is 1. The Morgan fingerprint density at radius 1 is 1.09 bits per heavy atom. The van der Waals surface area contributed by atoms with Crippen LogP contribution < -0.4 is 5.32 Å². The lowest BCUT2D eigenvalue weighted by Crippen LogP contribution is -2.13. The molecule has 0 aliphatic heterocycles. The zero-order valence-electron chi connectivity index (χ0n) is 12.9. The van der Waals surface area contributed by atoms with Gasteiger partial charge in [-0.25, -0.2) is 4.79 Å². The van der Waals surface area contributed by atoms with Crippen molar-refractivity contribution in [1.29, 1.82) is 0 Å². The number of aliphatic hydroxyl groups excluding tert-OH is 1. The summed E-state index contributed by atoms with van der Waals surface area (Å²) in [7, 11) is 0. The first-order valence-electron chi connectivity index (χ1n) is 7.96. The molecule has 1 fully saturated rings. The molecule has 0 heterocycles. The molecule has 1 aliphatic carbocycles. The third-order valence-electron chi connectivity index (χ3n) is 4.25. The van der Waals surface area contributed by atoms with Crippen molar-refractivity contribution in [3.05, 3.63) is 65.7 Å².